The van der Waals surface area contributed by atoms with Gasteiger partial charge in [0.2, 0.25) is 5.91 Å². The number of aromatic amines is 1. The van der Waals surface area contributed by atoms with Gasteiger partial charge in [-0.15, -0.1) is 0 Å². The highest BCUT2D eigenvalue weighted by Crippen LogP contribution is 2.23. The number of rotatable bonds is 4. The number of H-pyrrole nitrogens is 1. The van der Waals surface area contributed by atoms with Crippen LogP contribution in [0.2, 0.25) is 5.02 Å². The predicted octanol–water partition coefficient (Wildman–Crippen LogP) is 0.741. The number of nitrogens with two attached hydrogens (primary N) is 2. The number of fused-ring (bicyclic) bond motifs is 1. The van der Waals surface area contributed by atoms with E-state index in [1.807, 2.05) is 6.07 Å². The number of amides is 2. The average molecular weight is 308 g/mol. The summed E-state index contributed by atoms with van der Waals surface area (Å²) >= 11 is 6.04. The number of benzene rings is 1. The van der Waals surface area contributed by atoms with Gasteiger partial charge in [0.25, 0.3) is 5.91 Å². The first kappa shape index (κ1) is 14.9. The summed E-state index contributed by atoms with van der Waals surface area (Å²) in [5.74, 6) is -1.00. The Bertz CT molecular complexity index is 722. The van der Waals surface area contributed by atoms with Gasteiger partial charge in [-0.3, -0.25) is 19.9 Å². The van der Waals surface area contributed by atoms with Crippen molar-refractivity contribution < 1.29 is 9.59 Å². The smallest absolute Gasteiger partial charge is 0.274 e. The van der Waals surface area contributed by atoms with Gasteiger partial charge >= 0.3 is 0 Å². The number of halogens is 1. The van der Waals surface area contributed by atoms with E-state index < -0.39 is 11.8 Å². The molecule has 2 aromatic rings. The van der Waals surface area contributed by atoms with Crippen molar-refractivity contribution in [1.82, 2.24) is 10.3 Å². The predicted molar refractivity (Wildman–Crippen MR) is 81.1 cm³/mol. The fourth-order valence-electron chi connectivity index (χ4n) is 1.75. The van der Waals surface area contributed by atoms with E-state index in [-0.39, 0.29) is 18.9 Å². The molecule has 0 spiro atoms. The van der Waals surface area contributed by atoms with Gasteiger partial charge in [0.05, 0.1) is 6.54 Å². The zero-order valence-electron chi connectivity index (χ0n) is 11.0. The molecule has 8 heteroatoms. The van der Waals surface area contributed by atoms with Crippen molar-refractivity contribution >= 4 is 40.3 Å². The quantitative estimate of drug-likeness (QED) is 0.491. The Labute approximate surface area is 125 Å². The lowest BCUT2D eigenvalue weighted by molar-refractivity contribution is -0.117. The summed E-state index contributed by atoms with van der Waals surface area (Å²) in [6.45, 7) is 0.125. The molecule has 0 unspecified atom stereocenters. The minimum atomic E-state index is -0.483. The number of aromatic nitrogens is 1. The van der Waals surface area contributed by atoms with Gasteiger partial charge < -0.3 is 16.5 Å². The lowest BCUT2D eigenvalue weighted by Gasteiger charge is -2.02. The number of nitrogens with zero attached hydrogens (tertiary/aromatic N) is 1. The van der Waals surface area contributed by atoms with Crippen molar-refractivity contribution in [3.8, 4) is 0 Å². The van der Waals surface area contributed by atoms with Crippen LogP contribution in [-0.2, 0) is 4.79 Å². The van der Waals surface area contributed by atoms with Gasteiger partial charge in [0.1, 0.15) is 5.69 Å². The molecule has 21 heavy (non-hydrogen) atoms. The third-order valence-corrected chi connectivity index (χ3v) is 3.07. The van der Waals surface area contributed by atoms with Crippen molar-refractivity contribution in [3.05, 3.63) is 35.0 Å². The van der Waals surface area contributed by atoms with E-state index >= 15 is 0 Å². The largest absolute Gasteiger partial charge is 0.370 e. The van der Waals surface area contributed by atoms with Crippen LogP contribution in [0, 0.1) is 0 Å². The normalized spacial score (nSPS) is 11.6. The van der Waals surface area contributed by atoms with Gasteiger partial charge in [-0.2, -0.15) is 0 Å². The maximum atomic E-state index is 12.0. The molecule has 110 valence electrons. The summed E-state index contributed by atoms with van der Waals surface area (Å²) in [7, 11) is 0. The van der Waals surface area contributed by atoms with Gasteiger partial charge in [-0.1, -0.05) is 17.7 Å². The first-order valence-corrected chi connectivity index (χ1v) is 6.52. The molecule has 0 bridgehead atoms. The topological polar surface area (TPSA) is 126 Å². The van der Waals surface area contributed by atoms with Gasteiger partial charge in [-0.25, -0.2) is 0 Å². The SMILES string of the molecule is NC(=O)CCN=C(N)NC(=O)c1cc2c(Cl)cccc2[nH]1. The number of aliphatic imine (C=N–C) groups is 1. The molecule has 7 nitrogen and oxygen atoms in total. The van der Waals surface area contributed by atoms with Crippen LogP contribution < -0.4 is 16.8 Å². The second kappa shape index (κ2) is 6.27. The Morgan fingerprint density at radius 1 is 1.33 bits per heavy atom. The standard InChI is InChI=1S/C13H14ClN5O2/c14-8-2-1-3-9-7(8)6-10(18-9)12(21)19-13(16)17-5-4-11(15)20/h1-3,6,18H,4-5H2,(H2,15,20)(H3,16,17,19,21). The molecule has 0 atom stereocenters. The molecule has 0 saturated carbocycles. The fraction of sp³-hybridized carbons (Fsp3) is 0.154. The third kappa shape index (κ3) is 3.73. The summed E-state index contributed by atoms with van der Waals surface area (Å²) in [6.07, 6.45) is 0.0680. The summed E-state index contributed by atoms with van der Waals surface area (Å²) < 4.78 is 0. The number of carbonyl (C=O) groups excluding carboxylic acids is 2. The monoisotopic (exact) mass is 307 g/mol. The van der Waals surface area contributed by atoms with E-state index in [0.717, 1.165) is 10.9 Å². The van der Waals surface area contributed by atoms with Crippen LogP contribution >= 0.6 is 11.6 Å². The number of carbonyl (C=O) groups is 2. The maximum absolute atomic E-state index is 12.0. The minimum absolute atomic E-state index is 0.0680. The zero-order valence-corrected chi connectivity index (χ0v) is 11.8. The van der Waals surface area contributed by atoms with Crippen molar-refractivity contribution in [1.29, 1.82) is 0 Å². The second-order valence-electron chi connectivity index (χ2n) is 4.32. The highest BCUT2D eigenvalue weighted by molar-refractivity contribution is 6.35. The molecule has 0 aliphatic carbocycles. The summed E-state index contributed by atoms with van der Waals surface area (Å²) in [4.78, 5) is 29.3. The molecule has 6 N–H and O–H groups in total. The molecule has 2 amide bonds. The van der Waals surface area contributed by atoms with Crippen LogP contribution in [0.5, 0.6) is 0 Å². The first-order chi connectivity index (χ1) is 9.97. The Morgan fingerprint density at radius 3 is 2.76 bits per heavy atom. The van der Waals surface area contributed by atoms with Gasteiger partial charge in [0, 0.05) is 22.3 Å². The number of hydrogen-bond donors (Lipinski definition) is 4. The number of nitrogens with one attached hydrogen (secondary N) is 2. The van der Waals surface area contributed by atoms with Crippen molar-refractivity contribution in [2.45, 2.75) is 6.42 Å². The lowest BCUT2D eigenvalue weighted by Crippen LogP contribution is -2.37. The molecule has 1 aromatic carbocycles. The Kier molecular flexibility index (Phi) is 4.44. The summed E-state index contributed by atoms with van der Waals surface area (Å²) in [5.41, 5.74) is 11.6. The third-order valence-electron chi connectivity index (χ3n) is 2.74. The number of hydrogen-bond acceptors (Lipinski definition) is 3. The Hall–Kier alpha value is -2.54. The molecule has 0 radical (unpaired) electrons. The van der Waals surface area contributed by atoms with E-state index in [9.17, 15) is 9.59 Å². The van der Waals surface area contributed by atoms with Crippen LogP contribution in [0.3, 0.4) is 0 Å². The van der Waals surface area contributed by atoms with Crippen molar-refractivity contribution in [2.75, 3.05) is 6.54 Å². The summed E-state index contributed by atoms with van der Waals surface area (Å²) in [5, 5.41) is 3.70. The van der Waals surface area contributed by atoms with Gasteiger partial charge in [0.15, 0.2) is 5.96 Å². The average Bonchev–Trinajstić information content (AvgIpc) is 2.83. The highest BCUT2D eigenvalue weighted by atomic mass is 35.5. The molecule has 0 aliphatic heterocycles. The van der Waals surface area contributed by atoms with Crippen molar-refractivity contribution in [3.63, 3.8) is 0 Å². The molecule has 0 aliphatic rings. The molecular formula is C13H14ClN5O2. The minimum Gasteiger partial charge on any atom is -0.370 e. The van der Waals surface area contributed by atoms with E-state index in [4.69, 9.17) is 23.1 Å². The van der Waals surface area contributed by atoms with Crippen LogP contribution in [0.15, 0.2) is 29.3 Å². The molecule has 0 saturated heterocycles. The fourth-order valence-corrected chi connectivity index (χ4v) is 1.98. The molecule has 0 fully saturated rings. The lowest BCUT2D eigenvalue weighted by atomic mass is 10.2. The molecular weight excluding hydrogens is 294 g/mol. The zero-order chi connectivity index (χ0) is 15.4. The van der Waals surface area contributed by atoms with E-state index in [1.54, 1.807) is 18.2 Å². The highest BCUT2D eigenvalue weighted by Gasteiger charge is 2.11. The molecule has 1 heterocycles. The maximum Gasteiger partial charge on any atom is 0.274 e. The first-order valence-electron chi connectivity index (χ1n) is 6.14. The van der Waals surface area contributed by atoms with Crippen molar-refractivity contribution in [2.24, 2.45) is 16.5 Å². The van der Waals surface area contributed by atoms with E-state index in [0.29, 0.717) is 10.7 Å². The van der Waals surface area contributed by atoms with Crippen LogP contribution in [0.1, 0.15) is 16.9 Å². The summed E-state index contributed by atoms with van der Waals surface area (Å²) in [6, 6.07) is 6.95. The van der Waals surface area contributed by atoms with Crippen LogP contribution in [0.4, 0.5) is 0 Å². The number of guanidine groups is 1. The van der Waals surface area contributed by atoms with Crippen LogP contribution in [0.25, 0.3) is 10.9 Å². The number of primary amides is 1. The van der Waals surface area contributed by atoms with E-state index in [2.05, 4.69) is 15.3 Å². The van der Waals surface area contributed by atoms with E-state index in [1.165, 1.54) is 0 Å². The molecule has 1 aromatic heterocycles. The second-order valence-corrected chi connectivity index (χ2v) is 4.73. The molecule has 2 rings (SSSR count). The Balaban J connectivity index is 2.08. The Morgan fingerprint density at radius 2 is 2.10 bits per heavy atom. The van der Waals surface area contributed by atoms with Crippen LogP contribution in [-0.4, -0.2) is 29.3 Å². The van der Waals surface area contributed by atoms with Gasteiger partial charge in [-0.05, 0) is 18.2 Å².